The molecule has 1 aliphatic rings. The molecule has 4 rings (SSSR count). The Morgan fingerprint density at radius 2 is 1.62 bits per heavy atom. The number of anilines is 1. The highest BCUT2D eigenvalue weighted by atomic mass is 16.5. The second-order valence-electron chi connectivity index (χ2n) is 6.92. The second-order valence-corrected chi connectivity index (χ2v) is 6.92. The number of hydrogen-bond acceptors (Lipinski definition) is 3. The number of carbonyl (C=O) groups excluding carboxylic acids is 2. The van der Waals surface area contributed by atoms with Crippen molar-refractivity contribution in [3.05, 3.63) is 95.6 Å². The first-order valence-corrected chi connectivity index (χ1v) is 9.64. The molecule has 3 aromatic carbocycles. The van der Waals surface area contributed by atoms with E-state index in [1.807, 2.05) is 66.7 Å². The Morgan fingerprint density at radius 3 is 2.41 bits per heavy atom. The van der Waals surface area contributed by atoms with Crippen LogP contribution >= 0.6 is 0 Å². The van der Waals surface area contributed by atoms with E-state index >= 15 is 0 Å². The number of para-hydroxylation sites is 2. The third kappa shape index (κ3) is 4.46. The Balaban J connectivity index is 1.37. The SMILES string of the molecule is O=C(NCCc1ccccc1)c1ccc(CN2C(=O)COc3ccccc32)cc1. The molecule has 5 heteroatoms. The predicted molar refractivity (Wildman–Crippen MR) is 112 cm³/mol. The van der Waals surface area contributed by atoms with Crippen LogP contribution in [-0.4, -0.2) is 25.0 Å². The van der Waals surface area contributed by atoms with Crippen LogP contribution < -0.4 is 15.0 Å². The monoisotopic (exact) mass is 386 g/mol. The number of rotatable bonds is 6. The molecule has 0 aliphatic carbocycles. The molecule has 0 fully saturated rings. The summed E-state index contributed by atoms with van der Waals surface area (Å²) in [7, 11) is 0. The molecule has 0 saturated heterocycles. The highest BCUT2D eigenvalue weighted by Crippen LogP contribution is 2.32. The van der Waals surface area contributed by atoms with E-state index in [0.29, 0.717) is 24.4 Å². The van der Waals surface area contributed by atoms with Crippen LogP contribution in [0.25, 0.3) is 0 Å². The zero-order chi connectivity index (χ0) is 20.1. The van der Waals surface area contributed by atoms with Gasteiger partial charge in [0.05, 0.1) is 12.2 Å². The van der Waals surface area contributed by atoms with Crippen molar-refractivity contribution in [3.63, 3.8) is 0 Å². The molecular weight excluding hydrogens is 364 g/mol. The highest BCUT2D eigenvalue weighted by Gasteiger charge is 2.25. The summed E-state index contributed by atoms with van der Waals surface area (Å²) in [6.45, 7) is 1.07. The van der Waals surface area contributed by atoms with E-state index in [2.05, 4.69) is 5.32 Å². The molecule has 0 bridgehead atoms. The fraction of sp³-hybridized carbons (Fsp3) is 0.167. The van der Waals surface area contributed by atoms with Gasteiger partial charge in [-0.05, 0) is 41.8 Å². The second kappa shape index (κ2) is 8.61. The van der Waals surface area contributed by atoms with Crippen molar-refractivity contribution < 1.29 is 14.3 Å². The molecule has 1 heterocycles. The van der Waals surface area contributed by atoms with Crippen molar-refractivity contribution in [2.24, 2.45) is 0 Å². The molecule has 0 radical (unpaired) electrons. The van der Waals surface area contributed by atoms with Crippen molar-refractivity contribution >= 4 is 17.5 Å². The summed E-state index contributed by atoms with van der Waals surface area (Å²) < 4.78 is 5.48. The van der Waals surface area contributed by atoms with Gasteiger partial charge in [-0.15, -0.1) is 0 Å². The Hall–Kier alpha value is -3.60. The molecule has 29 heavy (non-hydrogen) atoms. The van der Waals surface area contributed by atoms with Gasteiger partial charge in [0.2, 0.25) is 0 Å². The van der Waals surface area contributed by atoms with Crippen molar-refractivity contribution in [1.29, 1.82) is 0 Å². The molecule has 0 spiro atoms. The van der Waals surface area contributed by atoms with E-state index in [9.17, 15) is 9.59 Å². The summed E-state index contributed by atoms with van der Waals surface area (Å²) in [5.74, 6) is 0.535. The summed E-state index contributed by atoms with van der Waals surface area (Å²) in [6.07, 6.45) is 0.795. The Morgan fingerprint density at radius 1 is 0.897 bits per heavy atom. The van der Waals surface area contributed by atoms with Crippen LogP contribution in [0, 0.1) is 0 Å². The van der Waals surface area contributed by atoms with Gasteiger partial charge in [-0.1, -0.05) is 54.6 Å². The molecule has 1 aliphatic heterocycles. The predicted octanol–water partition coefficient (Wildman–Crippen LogP) is 3.58. The van der Waals surface area contributed by atoms with Gasteiger partial charge in [0.25, 0.3) is 11.8 Å². The lowest BCUT2D eigenvalue weighted by molar-refractivity contribution is -0.121. The fourth-order valence-electron chi connectivity index (χ4n) is 3.34. The first kappa shape index (κ1) is 18.7. The molecule has 2 amide bonds. The molecule has 0 aromatic heterocycles. The number of amides is 2. The summed E-state index contributed by atoms with van der Waals surface area (Å²) in [4.78, 5) is 26.4. The average molecular weight is 386 g/mol. The molecular formula is C24H22N2O3. The van der Waals surface area contributed by atoms with Crippen LogP contribution in [0.2, 0.25) is 0 Å². The van der Waals surface area contributed by atoms with Gasteiger partial charge in [0.1, 0.15) is 5.75 Å². The normalized spacial score (nSPS) is 12.8. The fourth-order valence-corrected chi connectivity index (χ4v) is 3.34. The maximum Gasteiger partial charge on any atom is 0.265 e. The number of carbonyl (C=O) groups is 2. The lowest BCUT2D eigenvalue weighted by atomic mass is 10.1. The van der Waals surface area contributed by atoms with Gasteiger partial charge in [-0.2, -0.15) is 0 Å². The molecule has 146 valence electrons. The molecule has 0 atom stereocenters. The number of ether oxygens (including phenoxy) is 1. The van der Waals surface area contributed by atoms with Crippen LogP contribution in [0.1, 0.15) is 21.5 Å². The lowest BCUT2D eigenvalue weighted by Crippen LogP contribution is -2.38. The van der Waals surface area contributed by atoms with E-state index in [0.717, 1.165) is 17.7 Å². The number of nitrogens with zero attached hydrogens (tertiary/aromatic N) is 1. The van der Waals surface area contributed by atoms with E-state index < -0.39 is 0 Å². The first-order chi connectivity index (χ1) is 14.2. The third-order valence-corrected chi connectivity index (χ3v) is 4.91. The van der Waals surface area contributed by atoms with Crippen molar-refractivity contribution in [1.82, 2.24) is 5.32 Å². The minimum Gasteiger partial charge on any atom is -0.482 e. The number of hydrogen-bond donors (Lipinski definition) is 1. The number of benzene rings is 3. The van der Waals surface area contributed by atoms with Gasteiger partial charge in [0.15, 0.2) is 6.61 Å². The molecule has 0 unspecified atom stereocenters. The minimum atomic E-state index is -0.0970. The maximum atomic E-state index is 12.4. The summed E-state index contributed by atoms with van der Waals surface area (Å²) in [6, 6.07) is 24.9. The minimum absolute atomic E-state index is 0.0406. The van der Waals surface area contributed by atoms with Crippen LogP contribution in [0.5, 0.6) is 5.75 Å². The number of fused-ring (bicyclic) bond motifs is 1. The van der Waals surface area contributed by atoms with Crippen LogP contribution in [-0.2, 0) is 17.8 Å². The van der Waals surface area contributed by atoms with Crippen molar-refractivity contribution in [2.75, 3.05) is 18.1 Å². The summed E-state index contributed by atoms with van der Waals surface area (Å²) in [5.41, 5.74) is 3.52. The maximum absolute atomic E-state index is 12.4. The van der Waals surface area contributed by atoms with Gasteiger partial charge in [0, 0.05) is 12.1 Å². The van der Waals surface area contributed by atoms with Gasteiger partial charge in [-0.25, -0.2) is 0 Å². The molecule has 1 N–H and O–H groups in total. The lowest BCUT2D eigenvalue weighted by Gasteiger charge is -2.29. The van der Waals surface area contributed by atoms with E-state index in [-0.39, 0.29) is 18.4 Å². The Kier molecular flexibility index (Phi) is 5.56. The highest BCUT2D eigenvalue weighted by molar-refractivity contribution is 5.98. The van der Waals surface area contributed by atoms with Crippen LogP contribution in [0.4, 0.5) is 5.69 Å². The molecule has 5 nitrogen and oxygen atoms in total. The van der Waals surface area contributed by atoms with E-state index in [4.69, 9.17) is 4.74 Å². The largest absolute Gasteiger partial charge is 0.482 e. The third-order valence-electron chi connectivity index (χ3n) is 4.91. The average Bonchev–Trinajstić information content (AvgIpc) is 2.77. The first-order valence-electron chi connectivity index (χ1n) is 9.64. The number of nitrogens with one attached hydrogen (secondary N) is 1. The topological polar surface area (TPSA) is 58.6 Å². The molecule has 0 saturated carbocycles. The zero-order valence-corrected chi connectivity index (χ0v) is 16.0. The standard InChI is InChI=1S/C24H22N2O3/c27-23-17-29-22-9-5-4-8-21(22)26(23)16-19-10-12-20(13-11-19)24(28)25-15-14-18-6-2-1-3-7-18/h1-13H,14-17H2,(H,25,28). The van der Waals surface area contributed by atoms with Crippen LogP contribution in [0.3, 0.4) is 0 Å². The Bertz CT molecular complexity index is 1000. The smallest absolute Gasteiger partial charge is 0.265 e. The molecule has 3 aromatic rings. The van der Waals surface area contributed by atoms with Crippen molar-refractivity contribution in [3.8, 4) is 5.75 Å². The van der Waals surface area contributed by atoms with Gasteiger partial charge in [-0.3, -0.25) is 9.59 Å². The quantitative estimate of drug-likeness (QED) is 0.704. The van der Waals surface area contributed by atoms with Gasteiger partial charge >= 0.3 is 0 Å². The summed E-state index contributed by atoms with van der Waals surface area (Å²) in [5, 5.41) is 2.95. The Labute approximate surface area is 169 Å². The van der Waals surface area contributed by atoms with E-state index in [1.54, 1.807) is 17.0 Å². The van der Waals surface area contributed by atoms with Crippen LogP contribution in [0.15, 0.2) is 78.9 Å². The van der Waals surface area contributed by atoms with E-state index in [1.165, 1.54) is 5.56 Å². The van der Waals surface area contributed by atoms with Crippen molar-refractivity contribution in [2.45, 2.75) is 13.0 Å². The van der Waals surface area contributed by atoms with Gasteiger partial charge < -0.3 is 15.0 Å². The zero-order valence-electron chi connectivity index (χ0n) is 16.0. The summed E-state index contributed by atoms with van der Waals surface area (Å²) >= 11 is 0.